The molecular formula is C11H12O2. The molecule has 0 atom stereocenters. The van der Waals surface area contributed by atoms with Crippen molar-refractivity contribution in [2.24, 2.45) is 0 Å². The minimum absolute atomic E-state index is 0.0953. The van der Waals surface area contributed by atoms with Crippen molar-refractivity contribution >= 4 is 5.78 Å². The van der Waals surface area contributed by atoms with E-state index >= 15 is 0 Å². The molecule has 0 unspecified atom stereocenters. The lowest BCUT2D eigenvalue weighted by atomic mass is 10.1. The van der Waals surface area contributed by atoms with Crippen LogP contribution in [0.3, 0.4) is 0 Å². The Hall–Kier alpha value is -1.31. The number of benzene rings is 1. The first-order valence-electron chi connectivity index (χ1n) is 4.53. The molecule has 1 saturated carbocycles. The van der Waals surface area contributed by atoms with Gasteiger partial charge in [0.15, 0.2) is 5.78 Å². The van der Waals surface area contributed by atoms with Gasteiger partial charge in [0, 0.05) is 5.56 Å². The fourth-order valence-corrected chi connectivity index (χ4v) is 1.15. The third-order valence-corrected chi connectivity index (χ3v) is 2.09. The predicted octanol–water partition coefficient (Wildman–Crippen LogP) is 2.43. The molecule has 2 heteroatoms. The van der Waals surface area contributed by atoms with Crippen LogP contribution in [-0.4, -0.2) is 11.9 Å². The number of Topliss-reactive ketones (excluding diaryl/α,β-unsaturated/α-hetero) is 1. The van der Waals surface area contributed by atoms with Gasteiger partial charge in [0.1, 0.15) is 5.75 Å². The first kappa shape index (κ1) is 8.30. The molecule has 2 nitrogen and oxygen atoms in total. The van der Waals surface area contributed by atoms with Crippen LogP contribution in [0.1, 0.15) is 30.1 Å². The summed E-state index contributed by atoms with van der Waals surface area (Å²) < 4.78 is 5.55. The molecule has 2 rings (SSSR count). The monoisotopic (exact) mass is 176 g/mol. The first-order valence-corrected chi connectivity index (χ1v) is 4.53. The van der Waals surface area contributed by atoms with E-state index in [0.717, 1.165) is 24.2 Å². The lowest BCUT2D eigenvalue weighted by molar-refractivity contribution is 0.101. The summed E-state index contributed by atoms with van der Waals surface area (Å²) in [5, 5.41) is 0. The highest BCUT2D eigenvalue weighted by atomic mass is 16.5. The number of rotatable bonds is 3. The molecule has 1 aliphatic rings. The van der Waals surface area contributed by atoms with Crippen LogP contribution >= 0.6 is 0 Å². The summed E-state index contributed by atoms with van der Waals surface area (Å²) in [5.74, 6) is 0.963. The average Bonchev–Trinajstić information content (AvgIpc) is 2.89. The van der Waals surface area contributed by atoms with Crippen LogP contribution in [0, 0.1) is 0 Å². The standard InChI is InChI=1S/C11H12O2/c1-8(12)9-2-4-10(5-3-9)13-11-6-7-11/h2-5,11H,6-7H2,1H3. The van der Waals surface area contributed by atoms with Crippen molar-refractivity contribution in [1.82, 2.24) is 0 Å². The summed E-state index contributed by atoms with van der Waals surface area (Å²) in [6.07, 6.45) is 2.74. The molecule has 1 fully saturated rings. The van der Waals surface area contributed by atoms with Gasteiger partial charge in [-0.25, -0.2) is 0 Å². The minimum atomic E-state index is 0.0953. The fraction of sp³-hybridized carbons (Fsp3) is 0.364. The second kappa shape index (κ2) is 3.21. The number of ketones is 1. The van der Waals surface area contributed by atoms with Crippen LogP contribution in [-0.2, 0) is 0 Å². The smallest absolute Gasteiger partial charge is 0.159 e. The summed E-state index contributed by atoms with van der Waals surface area (Å²) in [6, 6.07) is 7.32. The maximum absolute atomic E-state index is 11.0. The molecule has 0 aromatic heterocycles. The van der Waals surface area contributed by atoms with E-state index in [1.807, 2.05) is 12.1 Å². The van der Waals surface area contributed by atoms with E-state index in [2.05, 4.69) is 0 Å². The normalized spacial score (nSPS) is 15.5. The van der Waals surface area contributed by atoms with Gasteiger partial charge in [0.2, 0.25) is 0 Å². The summed E-state index contributed by atoms with van der Waals surface area (Å²) in [7, 11) is 0. The van der Waals surface area contributed by atoms with E-state index in [4.69, 9.17) is 4.74 Å². The Morgan fingerprint density at radius 3 is 2.38 bits per heavy atom. The molecule has 0 saturated heterocycles. The van der Waals surface area contributed by atoms with Gasteiger partial charge >= 0.3 is 0 Å². The Kier molecular flexibility index (Phi) is 2.05. The molecule has 1 aliphatic carbocycles. The zero-order valence-corrected chi connectivity index (χ0v) is 7.62. The topological polar surface area (TPSA) is 26.3 Å². The molecule has 0 amide bonds. The molecule has 13 heavy (non-hydrogen) atoms. The SMILES string of the molecule is CC(=O)c1ccc(OC2CC2)cc1. The molecule has 0 N–H and O–H groups in total. The molecular weight excluding hydrogens is 164 g/mol. The summed E-state index contributed by atoms with van der Waals surface area (Å²) in [5.41, 5.74) is 0.739. The number of carbonyl (C=O) groups excluding carboxylic acids is 1. The van der Waals surface area contributed by atoms with Crippen molar-refractivity contribution in [3.05, 3.63) is 29.8 Å². The number of hydrogen-bond donors (Lipinski definition) is 0. The van der Waals surface area contributed by atoms with E-state index < -0.39 is 0 Å². The minimum Gasteiger partial charge on any atom is -0.490 e. The summed E-state index contributed by atoms with van der Waals surface area (Å²) in [6.45, 7) is 1.57. The van der Waals surface area contributed by atoms with Gasteiger partial charge in [-0.15, -0.1) is 0 Å². The second-order valence-electron chi connectivity index (χ2n) is 3.40. The summed E-state index contributed by atoms with van der Waals surface area (Å²) in [4.78, 5) is 11.0. The Morgan fingerprint density at radius 2 is 1.92 bits per heavy atom. The number of ether oxygens (including phenoxy) is 1. The molecule has 0 aliphatic heterocycles. The Labute approximate surface area is 77.5 Å². The van der Waals surface area contributed by atoms with Crippen molar-refractivity contribution in [2.45, 2.75) is 25.9 Å². The molecule has 1 aromatic rings. The van der Waals surface area contributed by atoms with E-state index in [1.54, 1.807) is 19.1 Å². The highest BCUT2D eigenvalue weighted by molar-refractivity contribution is 5.94. The quantitative estimate of drug-likeness (QED) is 0.661. The molecule has 1 aromatic carbocycles. The lowest BCUT2D eigenvalue weighted by Crippen LogP contribution is -1.96. The van der Waals surface area contributed by atoms with Crippen LogP contribution in [0.5, 0.6) is 5.75 Å². The molecule has 68 valence electrons. The van der Waals surface area contributed by atoms with Crippen molar-refractivity contribution in [2.75, 3.05) is 0 Å². The Morgan fingerprint density at radius 1 is 1.31 bits per heavy atom. The zero-order valence-electron chi connectivity index (χ0n) is 7.62. The molecule has 0 radical (unpaired) electrons. The van der Waals surface area contributed by atoms with Gasteiger partial charge in [-0.1, -0.05) is 0 Å². The summed E-state index contributed by atoms with van der Waals surface area (Å²) >= 11 is 0. The Balaban J connectivity index is 2.08. The largest absolute Gasteiger partial charge is 0.490 e. The van der Waals surface area contributed by atoms with Gasteiger partial charge < -0.3 is 4.74 Å². The molecule has 0 bridgehead atoms. The fourth-order valence-electron chi connectivity index (χ4n) is 1.15. The van der Waals surface area contributed by atoms with Crippen LogP contribution in [0.15, 0.2) is 24.3 Å². The van der Waals surface area contributed by atoms with Gasteiger partial charge in [0.05, 0.1) is 6.10 Å². The van der Waals surface area contributed by atoms with E-state index in [9.17, 15) is 4.79 Å². The first-order chi connectivity index (χ1) is 6.25. The van der Waals surface area contributed by atoms with Crippen LogP contribution < -0.4 is 4.74 Å². The highest BCUT2D eigenvalue weighted by Crippen LogP contribution is 2.26. The van der Waals surface area contributed by atoms with Gasteiger partial charge in [-0.3, -0.25) is 4.79 Å². The van der Waals surface area contributed by atoms with Crippen molar-refractivity contribution < 1.29 is 9.53 Å². The third-order valence-electron chi connectivity index (χ3n) is 2.09. The van der Waals surface area contributed by atoms with E-state index in [0.29, 0.717) is 6.10 Å². The van der Waals surface area contributed by atoms with Crippen molar-refractivity contribution in [3.63, 3.8) is 0 Å². The van der Waals surface area contributed by atoms with Crippen molar-refractivity contribution in [1.29, 1.82) is 0 Å². The third kappa shape index (κ3) is 2.08. The van der Waals surface area contributed by atoms with E-state index in [1.165, 1.54) is 0 Å². The molecule has 0 heterocycles. The number of carbonyl (C=O) groups is 1. The highest BCUT2D eigenvalue weighted by Gasteiger charge is 2.23. The Bertz CT molecular complexity index is 309. The zero-order chi connectivity index (χ0) is 9.26. The lowest BCUT2D eigenvalue weighted by Gasteiger charge is -2.03. The van der Waals surface area contributed by atoms with E-state index in [-0.39, 0.29) is 5.78 Å². The maximum Gasteiger partial charge on any atom is 0.159 e. The van der Waals surface area contributed by atoms with Gasteiger partial charge in [-0.05, 0) is 44.0 Å². The maximum atomic E-state index is 11.0. The number of hydrogen-bond acceptors (Lipinski definition) is 2. The van der Waals surface area contributed by atoms with Crippen LogP contribution in [0.2, 0.25) is 0 Å². The predicted molar refractivity (Wildman–Crippen MR) is 50.1 cm³/mol. The van der Waals surface area contributed by atoms with Gasteiger partial charge in [-0.2, -0.15) is 0 Å². The second-order valence-corrected chi connectivity index (χ2v) is 3.40. The van der Waals surface area contributed by atoms with Crippen LogP contribution in [0.4, 0.5) is 0 Å². The van der Waals surface area contributed by atoms with Gasteiger partial charge in [0.25, 0.3) is 0 Å². The van der Waals surface area contributed by atoms with Crippen LogP contribution in [0.25, 0.3) is 0 Å². The average molecular weight is 176 g/mol. The molecule has 0 spiro atoms. The van der Waals surface area contributed by atoms with Crippen molar-refractivity contribution in [3.8, 4) is 5.75 Å².